The van der Waals surface area contributed by atoms with Crippen molar-refractivity contribution >= 4 is 69.9 Å². The number of allylic oxidation sites excluding steroid dienone is 1. The Hall–Kier alpha value is -7.08. The number of thiophene rings is 1. The molecule has 0 saturated heterocycles. The van der Waals surface area contributed by atoms with E-state index < -0.39 is 0 Å². The molecule has 0 fully saturated rings. The molecule has 1 unspecified atom stereocenters. The number of hydrogen-bond donors (Lipinski definition) is 0. The van der Waals surface area contributed by atoms with Gasteiger partial charge in [-0.3, -0.25) is 0 Å². The highest BCUT2D eigenvalue weighted by Gasteiger charge is 2.30. The standard InChI is InChI=1S/C52H33N3OS/c1-3-14-32(15-4-1)43-31-44(54-52(53-43)33-16-5-2-6-17-33)34-26-27-37-36-18-7-10-22-45(36)55(46(37)28-34)35-29-41-38-19-8-11-23-47(38)56-51(41)42(30-35)39-21-13-25-49-50(39)40-20-9-12-24-48(40)57-49/h1-28,30-31,35H,29H2. The number of para-hydroxylation sites is 2. The molecule has 0 aliphatic heterocycles. The number of aromatic nitrogens is 3. The summed E-state index contributed by atoms with van der Waals surface area (Å²) < 4.78 is 12.0. The largest absolute Gasteiger partial charge is 0.456 e. The highest BCUT2D eigenvalue weighted by Crippen LogP contribution is 2.47. The summed E-state index contributed by atoms with van der Waals surface area (Å²) in [6.07, 6.45) is 3.27. The zero-order valence-electron chi connectivity index (χ0n) is 30.8. The molecule has 12 rings (SSSR count). The Morgan fingerprint density at radius 2 is 1.19 bits per heavy atom. The second-order valence-electron chi connectivity index (χ2n) is 14.8. The molecule has 57 heavy (non-hydrogen) atoms. The molecular formula is C52H33N3OS. The Morgan fingerprint density at radius 3 is 2.04 bits per heavy atom. The first-order chi connectivity index (χ1) is 28.2. The summed E-state index contributed by atoms with van der Waals surface area (Å²) in [6, 6.07) is 62.5. The van der Waals surface area contributed by atoms with Gasteiger partial charge in [0.15, 0.2) is 5.82 Å². The molecule has 5 heteroatoms. The fourth-order valence-electron chi connectivity index (χ4n) is 9.02. The quantitative estimate of drug-likeness (QED) is 0.176. The number of nitrogens with zero attached hydrogens (tertiary/aromatic N) is 3. The first-order valence-electron chi connectivity index (χ1n) is 19.4. The van der Waals surface area contributed by atoms with E-state index >= 15 is 0 Å². The predicted molar refractivity (Wildman–Crippen MR) is 237 cm³/mol. The second-order valence-corrected chi connectivity index (χ2v) is 15.9. The van der Waals surface area contributed by atoms with E-state index in [1.807, 2.05) is 35.6 Å². The van der Waals surface area contributed by atoms with Gasteiger partial charge in [-0.25, -0.2) is 9.97 Å². The van der Waals surface area contributed by atoms with Crippen molar-refractivity contribution in [1.82, 2.24) is 14.5 Å². The van der Waals surface area contributed by atoms with E-state index in [1.165, 1.54) is 58.5 Å². The van der Waals surface area contributed by atoms with Crippen LogP contribution in [0.2, 0.25) is 0 Å². The first-order valence-corrected chi connectivity index (χ1v) is 20.2. The first kappa shape index (κ1) is 32.2. The molecule has 4 heterocycles. The van der Waals surface area contributed by atoms with E-state index in [-0.39, 0.29) is 6.04 Å². The molecule has 0 amide bonds. The minimum Gasteiger partial charge on any atom is -0.456 e. The van der Waals surface area contributed by atoms with Crippen LogP contribution >= 0.6 is 11.3 Å². The number of fused-ring (bicyclic) bond motifs is 9. The zero-order valence-corrected chi connectivity index (χ0v) is 31.6. The third kappa shape index (κ3) is 5.13. The van der Waals surface area contributed by atoms with E-state index in [9.17, 15) is 0 Å². The minimum absolute atomic E-state index is 0.0106. The van der Waals surface area contributed by atoms with Crippen molar-refractivity contribution in [2.24, 2.45) is 0 Å². The Balaban J connectivity index is 1.10. The lowest BCUT2D eigenvalue weighted by atomic mass is 9.87. The summed E-state index contributed by atoms with van der Waals surface area (Å²) in [5.41, 5.74) is 11.8. The Bertz CT molecular complexity index is 3330. The topological polar surface area (TPSA) is 43.9 Å². The lowest BCUT2D eigenvalue weighted by Gasteiger charge is -2.25. The van der Waals surface area contributed by atoms with Gasteiger partial charge in [0, 0.05) is 76.1 Å². The van der Waals surface area contributed by atoms with E-state index in [0.29, 0.717) is 5.82 Å². The summed E-state index contributed by atoms with van der Waals surface area (Å²) in [5.74, 6) is 1.68. The SMILES string of the molecule is C1=C(c2cccc3sc4ccccc4c23)c2oc3ccccc3c2CC1n1c2ccccc2c2ccc(-c3cc(-c4ccccc4)nc(-c4ccccc4)n3)cc21. The molecule has 0 radical (unpaired) electrons. The summed E-state index contributed by atoms with van der Waals surface area (Å²) in [4.78, 5) is 10.3. The highest BCUT2D eigenvalue weighted by molar-refractivity contribution is 7.25. The molecule has 7 aromatic carbocycles. The number of benzene rings is 7. The fourth-order valence-corrected chi connectivity index (χ4v) is 10.1. The Kier molecular flexibility index (Phi) is 7.19. The number of hydrogen-bond acceptors (Lipinski definition) is 4. The van der Waals surface area contributed by atoms with Gasteiger partial charge >= 0.3 is 0 Å². The lowest BCUT2D eigenvalue weighted by molar-refractivity contribution is 0.567. The van der Waals surface area contributed by atoms with Crippen LogP contribution in [0.4, 0.5) is 0 Å². The van der Waals surface area contributed by atoms with Crippen LogP contribution < -0.4 is 0 Å². The molecule has 0 N–H and O–H groups in total. The van der Waals surface area contributed by atoms with Crippen LogP contribution in [0.3, 0.4) is 0 Å². The van der Waals surface area contributed by atoms with Crippen LogP contribution in [0.5, 0.6) is 0 Å². The minimum atomic E-state index is 0.0106. The van der Waals surface area contributed by atoms with E-state index in [2.05, 4.69) is 162 Å². The average Bonchev–Trinajstić information content (AvgIpc) is 3.96. The third-order valence-corrected chi connectivity index (χ3v) is 12.7. The van der Waals surface area contributed by atoms with Crippen LogP contribution in [0.1, 0.15) is 22.9 Å². The van der Waals surface area contributed by atoms with Crippen molar-refractivity contribution in [1.29, 1.82) is 0 Å². The monoisotopic (exact) mass is 747 g/mol. The van der Waals surface area contributed by atoms with Crippen molar-refractivity contribution in [3.63, 3.8) is 0 Å². The molecule has 4 aromatic heterocycles. The smallest absolute Gasteiger partial charge is 0.160 e. The normalized spacial score (nSPS) is 14.2. The molecule has 1 aliphatic rings. The van der Waals surface area contributed by atoms with Crippen LogP contribution in [-0.2, 0) is 6.42 Å². The van der Waals surface area contributed by atoms with Crippen molar-refractivity contribution in [3.8, 4) is 33.9 Å². The highest BCUT2D eigenvalue weighted by atomic mass is 32.1. The molecule has 0 saturated carbocycles. The molecular weight excluding hydrogens is 715 g/mol. The van der Waals surface area contributed by atoms with Gasteiger partial charge in [-0.05, 0) is 48.0 Å². The summed E-state index contributed by atoms with van der Waals surface area (Å²) in [7, 11) is 0. The zero-order chi connectivity index (χ0) is 37.5. The summed E-state index contributed by atoms with van der Waals surface area (Å²) >= 11 is 1.85. The van der Waals surface area contributed by atoms with E-state index in [4.69, 9.17) is 14.4 Å². The molecule has 1 aliphatic carbocycles. The molecule has 268 valence electrons. The Labute approximate surface area is 332 Å². The number of furan rings is 1. The predicted octanol–water partition coefficient (Wildman–Crippen LogP) is 13.9. The van der Waals surface area contributed by atoms with Crippen molar-refractivity contribution in [2.75, 3.05) is 0 Å². The van der Waals surface area contributed by atoms with E-state index in [1.54, 1.807) is 0 Å². The molecule has 4 nitrogen and oxygen atoms in total. The molecule has 1 atom stereocenters. The van der Waals surface area contributed by atoms with Crippen LogP contribution in [-0.4, -0.2) is 14.5 Å². The maximum Gasteiger partial charge on any atom is 0.160 e. The summed E-state index contributed by atoms with van der Waals surface area (Å²) in [6.45, 7) is 0. The number of rotatable bonds is 5. The van der Waals surface area contributed by atoms with Gasteiger partial charge in [0.05, 0.1) is 22.9 Å². The van der Waals surface area contributed by atoms with E-state index in [0.717, 1.165) is 51.4 Å². The van der Waals surface area contributed by atoms with Crippen molar-refractivity contribution in [2.45, 2.75) is 12.5 Å². The molecule has 11 aromatic rings. The van der Waals surface area contributed by atoms with Crippen LogP contribution in [0.25, 0.3) is 92.4 Å². The molecule has 0 bridgehead atoms. The van der Waals surface area contributed by atoms with Gasteiger partial charge in [-0.2, -0.15) is 0 Å². The van der Waals surface area contributed by atoms with Gasteiger partial charge in [0.25, 0.3) is 0 Å². The fraction of sp³-hybridized carbons (Fsp3) is 0.0385. The van der Waals surface area contributed by atoms with Crippen LogP contribution in [0.15, 0.2) is 186 Å². The van der Waals surface area contributed by atoms with Gasteiger partial charge in [0.2, 0.25) is 0 Å². The average molecular weight is 748 g/mol. The van der Waals surface area contributed by atoms with Crippen molar-refractivity contribution < 1.29 is 4.42 Å². The van der Waals surface area contributed by atoms with Gasteiger partial charge in [0.1, 0.15) is 11.3 Å². The van der Waals surface area contributed by atoms with Gasteiger partial charge in [-0.1, -0.05) is 140 Å². The van der Waals surface area contributed by atoms with Crippen molar-refractivity contribution in [3.05, 3.63) is 199 Å². The second kappa shape index (κ2) is 12.7. The summed E-state index contributed by atoms with van der Waals surface area (Å²) in [5, 5.41) is 6.20. The molecule has 0 spiro atoms. The van der Waals surface area contributed by atoms with Gasteiger partial charge < -0.3 is 8.98 Å². The van der Waals surface area contributed by atoms with Gasteiger partial charge in [-0.15, -0.1) is 11.3 Å². The lowest BCUT2D eigenvalue weighted by Crippen LogP contribution is -2.15. The maximum absolute atomic E-state index is 6.82. The Morgan fingerprint density at radius 1 is 0.526 bits per heavy atom. The van der Waals surface area contributed by atoms with Crippen LogP contribution in [0, 0.1) is 0 Å². The third-order valence-electron chi connectivity index (χ3n) is 11.6. The maximum atomic E-state index is 6.82.